The van der Waals surface area contributed by atoms with E-state index in [1.54, 1.807) is 11.3 Å². The highest BCUT2D eigenvalue weighted by atomic mass is 32.1. The predicted molar refractivity (Wildman–Crippen MR) is 99.9 cm³/mol. The number of benzene rings is 1. The second-order valence-electron chi connectivity index (χ2n) is 6.22. The smallest absolute Gasteiger partial charge is 0.227 e. The van der Waals surface area contributed by atoms with Crippen LogP contribution in [0.5, 0.6) is 11.5 Å². The predicted octanol–water partition coefficient (Wildman–Crippen LogP) is 3.38. The minimum absolute atomic E-state index is 0.0762. The van der Waals surface area contributed by atoms with Crippen LogP contribution in [0.15, 0.2) is 39.5 Å². The number of hydrogen-bond donors (Lipinski definition) is 1. The van der Waals surface area contributed by atoms with Gasteiger partial charge in [-0.05, 0) is 36.1 Å². The van der Waals surface area contributed by atoms with Crippen molar-refractivity contribution in [3.8, 4) is 22.9 Å². The molecule has 1 amide bonds. The van der Waals surface area contributed by atoms with Gasteiger partial charge in [0.05, 0.1) is 6.04 Å². The molecule has 0 saturated carbocycles. The molecule has 0 bridgehead atoms. The maximum Gasteiger partial charge on any atom is 0.227 e. The van der Waals surface area contributed by atoms with Crippen molar-refractivity contribution in [1.82, 2.24) is 15.5 Å². The summed E-state index contributed by atoms with van der Waals surface area (Å²) in [5.41, 5.74) is 1.89. The molecule has 3 aromatic rings. The number of amides is 1. The summed E-state index contributed by atoms with van der Waals surface area (Å²) in [6, 6.07) is 7.50. The normalized spacial score (nSPS) is 14.0. The lowest BCUT2D eigenvalue weighted by molar-refractivity contribution is -0.121. The maximum absolute atomic E-state index is 12.3. The lowest BCUT2D eigenvalue weighted by atomic mass is 10.1. The summed E-state index contributed by atoms with van der Waals surface area (Å²) in [4.78, 5) is 16.6. The molecule has 3 heterocycles. The minimum Gasteiger partial charge on any atom is -0.486 e. The Balaban J connectivity index is 1.31. The monoisotopic (exact) mass is 385 g/mol. The summed E-state index contributed by atoms with van der Waals surface area (Å²) >= 11 is 1.57. The third-order valence-electron chi connectivity index (χ3n) is 4.26. The van der Waals surface area contributed by atoms with Crippen LogP contribution >= 0.6 is 11.3 Å². The molecule has 0 spiro atoms. The Morgan fingerprint density at radius 1 is 1.26 bits per heavy atom. The quantitative estimate of drug-likeness (QED) is 0.700. The van der Waals surface area contributed by atoms with Gasteiger partial charge in [0.25, 0.3) is 0 Å². The molecule has 1 N–H and O–H groups in total. The van der Waals surface area contributed by atoms with E-state index >= 15 is 0 Å². The molecule has 0 fully saturated rings. The molecule has 1 aliphatic heterocycles. The van der Waals surface area contributed by atoms with Gasteiger partial charge in [0.15, 0.2) is 11.5 Å². The third kappa shape index (κ3) is 4.11. The topological polar surface area (TPSA) is 86.5 Å². The molecule has 0 radical (unpaired) electrons. The van der Waals surface area contributed by atoms with Crippen molar-refractivity contribution in [1.29, 1.82) is 0 Å². The number of nitrogens with one attached hydrogen (secondary N) is 1. The van der Waals surface area contributed by atoms with Crippen LogP contribution in [0.3, 0.4) is 0 Å². The zero-order valence-electron chi connectivity index (χ0n) is 14.8. The van der Waals surface area contributed by atoms with E-state index in [2.05, 4.69) is 15.5 Å². The Labute approximate surface area is 160 Å². The van der Waals surface area contributed by atoms with Crippen LogP contribution < -0.4 is 14.8 Å². The standard InChI is InChI=1S/C19H19N3O4S/c1-12(13-2-3-15-16(10-13)25-8-7-24-15)20-17(23)4-5-18-21-19(22-26-18)14-6-9-27-11-14/h2-3,6,9-12H,4-5,7-8H2,1H3,(H,20,23)/t12-/m0/s1. The molecule has 0 saturated heterocycles. The van der Waals surface area contributed by atoms with E-state index < -0.39 is 0 Å². The van der Waals surface area contributed by atoms with Gasteiger partial charge < -0.3 is 19.3 Å². The van der Waals surface area contributed by atoms with Crippen molar-refractivity contribution in [3.05, 3.63) is 46.5 Å². The van der Waals surface area contributed by atoms with Crippen LogP contribution in [0.4, 0.5) is 0 Å². The number of fused-ring (bicyclic) bond motifs is 1. The van der Waals surface area contributed by atoms with Crippen LogP contribution in [0, 0.1) is 0 Å². The van der Waals surface area contributed by atoms with Crippen LogP contribution in [-0.4, -0.2) is 29.3 Å². The zero-order chi connectivity index (χ0) is 18.6. The zero-order valence-corrected chi connectivity index (χ0v) is 15.6. The van der Waals surface area contributed by atoms with Crippen molar-refractivity contribution >= 4 is 17.2 Å². The first-order valence-electron chi connectivity index (χ1n) is 8.73. The highest BCUT2D eigenvalue weighted by Crippen LogP contribution is 2.32. The van der Waals surface area contributed by atoms with Crippen molar-refractivity contribution in [3.63, 3.8) is 0 Å². The number of hydrogen-bond acceptors (Lipinski definition) is 7. The van der Waals surface area contributed by atoms with Crippen LogP contribution in [0.1, 0.15) is 30.8 Å². The molecule has 2 aromatic heterocycles. The first-order chi connectivity index (χ1) is 13.2. The summed E-state index contributed by atoms with van der Waals surface area (Å²) < 4.78 is 16.3. The Bertz CT molecular complexity index is 923. The van der Waals surface area contributed by atoms with E-state index in [9.17, 15) is 4.79 Å². The molecule has 1 aliphatic rings. The van der Waals surface area contributed by atoms with Crippen LogP contribution in [0.2, 0.25) is 0 Å². The summed E-state index contributed by atoms with van der Waals surface area (Å²) in [6.07, 6.45) is 0.678. The Morgan fingerprint density at radius 3 is 2.93 bits per heavy atom. The van der Waals surface area contributed by atoms with E-state index in [1.165, 1.54) is 0 Å². The van der Waals surface area contributed by atoms with Gasteiger partial charge >= 0.3 is 0 Å². The average Bonchev–Trinajstić information content (AvgIpc) is 3.37. The SMILES string of the molecule is C[C@H](NC(=O)CCc1nc(-c2ccsc2)no1)c1ccc2c(c1)OCCO2. The molecule has 140 valence electrons. The lowest BCUT2D eigenvalue weighted by Crippen LogP contribution is -2.27. The fourth-order valence-corrected chi connectivity index (χ4v) is 3.45. The van der Waals surface area contributed by atoms with Crippen LogP contribution in [-0.2, 0) is 11.2 Å². The number of aromatic nitrogens is 2. The van der Waals surface area contributed by atoms with Gasteiger partial charge in [-0.15, -0.1) is 0 Å². The van der Waals surface area contributed by atoms with Crippen LogP contribution in [0.25, 0.3) is 11.4 Å². The second kappa shape index (κ2) is 7.79. The summed E-state index contributed by atoms with van der Waals surface area (Å²) in [5.74, 6) is 2.38. The molecular weight excluding hydrogens is 366 g/mol. The first-order valence-corrected chi connectivity index (χ1v) is 9.67. The molecule has 7 nitrogen and oxygen atoms in total. The number of aryl methyl sites for hydroxylation is 1. The number of ether oxygens (including phenoxy) is 2. The van der Waals surface area contributed by atoms with Gasteiger partial charge in [-0.2, -0.15) is 16.3 Å². The van der Waals surface area contributed by atoms with E-state index in [0.717, 1.165) is 16.9 Å². The molecule has 0 aliphatic carbocycles. The van der Waals surface area contributed by atoms with Crippen molar-refractivity contribution in [2.45, 2.75) is 25.8 Å². The highest BCUT2D eigenvalue weighted by molar-refractivity contribution is 7.08. The minimum atomic E-state index is -0.141. The summed E-state index contributed by atoms with van der Waals surface area (Å²) in [6.45, 7) is 3.03. The summed E-state index contributed by atoms with van der Waals surface area (Å²) in [7, 11) is 0. The maximum atomic E-state index is 12.3. The molecule has 1 atom stereocenters. The van der Waals surface area contributed by atoms with Crippen molar-refractivity contribution in [2.24, 2.45) is 0 Å². The average molecular weight is 385 g/mol. The molecule has 1 aromatic carbocycles. The van der Waals surface area contributed by atoms with Crippen molar-refractivity contribution < 1.29 is 18.8 Å². The van der Waals surface area contributed by atoms with E-state index in [0.29, 0.717) is 37.1 Å². The molecule has 0 unspecified atom stereocenters. The third-order valence-corrected chi connectivity index (χ3v) is 4.94. The number of thiophene rings is 1. The second-order valence-corrected chi connectivity index (χ2v) is 7.00. The Morgan fingerprint density at radius 2 is 2.11 bits per heavy atom. The van der Waals surface area contributed by atoms with Gasteiger partial charge in [-0.25, -0.2) is 0 Å². The Kier molecular flexibility index (Phi) is 5.06. The van der Waals surface area contributed by atoms with E-state index in [1.807, 2.05) is 41.9 Å². The van der Waals surface area contributed by atoms with E-state index in [-0.39, 0.29) is 18.4 Å². The summed E-state index contributed by atoms with van der Waals surface area (Å²) in [5, 5.41) is 10.8. The fraction of sp³-hybridized carbons (Fsp3) is 0.316. The number of rotatable bonds is 6. The fourth-order valence-electron chi connectivity index (χ4n) is 2.81. The van der Waals surface area contributed by atoms with Gasteiger partial charge in [-0.1, -0.05) is 11.2 Å². The Hall–Kier alpha value is -2.87. The molecule has 27 heavy (non-hydrogen) atoms. The number of carbonyl (C=O) groups excluding carboxylic acids is 1. The van der Waals surface area contributed by atoms with Crippen molar-refractivity contribution in [2.75, 3.05) is 13.2 Å². The number of carbonyl (C=O) groups is 1. The van der Waals surface area contributed by atoms with Gasteiger partial charge in [0.1, 0.15) is 13.2 Å². The largest absolute Gasteiger partial charge is 0.486 e. The van der Waals surface area contributed by atoms with E-state index in [4.69, 9.17) is 14.0 Å². The number of nitrogens with zero attached hydrogens (tertiary/aromatic N) is 2. The molecular formula is C19H19N3O4S. The highest BCUT2D eigenvalue weighted by Gasteiger charge is 2.16. The van der Waals surface area contributed by atoms with Gasteiger partial charge in [-0.3, -0.25) is 4.79 Å². The first kappa shape index (κ1) is 17.5. The molecule has 4 rings (SSSR count). The van der Waals surface area contributed by atoms with Gasteiger partial charge in [0, 0.05) is 23.8 Å². The molecule has 8 heteroatoms. The van der Waals surface area contributed by atoms with Gasteiger partial charge in [0.2, 0.25) is 17.6 Å². The lowest BCUT2D eigenvalue weighted by Gasteiger charge is -2.21.